The number of esters is 1. The standard InChI is InChI=1S/C20H23NO2.CH3I/c1-16(22)23-20(18-12-7-4-8-13-18)19(14-9-15-21(20)2)17-10-5-3-6-11-17;1-2/h3-8,10-13,19H,9,14-15H2,1-2H3;1H3. The minimum atomic E-state index is -0.743. The Hall–Kier alpha value is -1.40. The van der Waals surface area contributed by atoms with E-state index in [1.807, 2.05) is 48.4 Å². The molecule has 0 spiro atoms. The van der Waals surface area contributed by atoms with E-state index in [4.69, 9.17) is 4.74 Å². The number of halogens is 1. The molecule has 0 bridgehead atoms. The number of alkyl halides is 1. The first-order chi connectivity index (χ1) is 12.1. The van der Waals surface area contributed by atoms with Crippen LogP contribution in [-0.4, -0.2) is 29.4 Å². The highest BCUT2D eigenvalue weighted by atomic mass is 127. The molecule has 0 saturated carbocycles. The van der Waals surface area contributed by atoms with Gasteiger partial charge in [-0.1, -0.05) is 83.3 Å². The van der Waals surface area contributed by atoms with Gasteiger partial charge in [-0.05, 0) is 30.4 Å². The lowest BCUT2D eigenvalue weighted by atomic mass is 9.77. The van der Waals surface area contributed by atoms with Crippen LogP contribution in [0.1, 0.15) is 36.8 Å². The van der Waals surface area contributed by atoms with Gasteiger partial charge in [0.1, 0.15) is 0 Å². The molecule has 2 unspecified atom stereocenters. The number of hydrogen-bond acceptors (Lipinski definition) is 3. The Kier molecular flexibility index (Phi) is 7.44. The lowest BCUT2D eigenvalue weighted by molar-refractivity contribution is -0.199. The van der Waals surface area contributed by atoms with Crippen LogP contribution in [0.25, 0.3) is 0 Å². The van der Waals surface area contributed by atoms with Crippen LogP contribution >= 0.6 is 22.6 Å². The zero-order chi connectivity index (χ0) is 18.3. The van der Waals surface area contributed by atoms with Gasteiger partial charge in [0.05, 0.1) is 0 Å². The number of benzene rings is 2. The largest absolute Gasteiger partial charge is 0.439 e. The maximum atomic E-state index is 12.0. The molecule has 1 aliphatic heterocycles. The van der Waals surface area contributed by atoms with Gasteiger partial charge in [0.2, 0.25) is 0 Å². The molecule has 1 saturated heterocycles. The van der Waals surface area contributed by atoms with Crippen molar-refractivity contribution in [2.45, 2.75) is 31.4 Å². The van der Waals surface area contributed by atoms with Gasteiger partial charge in [-0.3, -0.25) is 9.69 Å². The Bertz CT molecular complexity index is 662. The van der Waals surface area contributed by atoms with Crippen LogP contribution in [0.5, 0.6) is 0 Å². The van der Waals surface area contributed by atoms with Crippen molar-refractivity contribution in [2.24, 2.45) is 0 Å². The predicted molar refractivity (Wildman–Crippen MR) is 111 cm³/mol. The molecule has 0 amide bonds. The van der Waals surface area contributed by atoms with Crippen molar-refractivity contribution in [3.8, 4) is 0 Å². The molecule has 3 rings (SSSR count). The Balaban J connectivity index is 0.00000109. The van der Waals surface area contributed by atoms with E-state index in [9.17, 15) is 4.79 Å². The zero-order valence-corrected chi connectivity index (χ0v) is 17.3. The fraction of sp³-hybridized carbons (Fsp3) is 0.381. The summed E-state index contributed by atoms with van der Waals surface area (Å²) in [6, 6.07) is 20.5. The normalized spacial score (nSPS) is 23.3. The molecule has 2 atom stereocenters. The summed E-state index contributed by atoms with van der Waals surface area (Å²) >= 11 is 2.15. The maximum absolute atomic E-state index is 12.0. The fourth-order valence-corrected chi connectivity index (χ4v) is 3.76. The van der Waals surface area contributed by atoms with E-state index >= 15 is 0 Å². The van der Waals surface area contributed by atoms with Gasteiger partial charge in [-0.2, -0.15) is 0 Å². The Labute approximate surface area is 164 Å². The summed E-state index contributed by atoms with van der Waals surface area (Å²) in [5, 5.41) is 0. The third-order valence-electron chi connectivity index (χ3n) is 4.71. The van der Waals surface area contributed by atoms with E-state index in [1.165, 1.54) is 12.5 Å². The van der Waals surface area contributed by atoms with Crippen LogP contribution in [0.4, 0.5) is 0 Å². The van der Waals surface area contributed by atoms with Gasteiger partial charge in [-0.25, -0.2) is 0 Å². The van der Waals surface area contributed by atoms with Crippen molar-refractivity contribution in [3.05, 3.63) is 71.8 Å². The van der Waals surface area contributed by atoms with Gasteiger partial charge in [-0.15, -0.1) is 0 Å². The predicted octanol–water partition coefficient (Wildman–Crippen LogP) is 4.96. The van der Waals surface area contributed by atoms with Crippen molar-refractivity contribution in [3.63, 3.8) is 0 Å². The second-order valence-corrected chi connectivity index (χ2v) is 6.18. The number of rotatable bonds is 3. The lowest BCUT2D eigenvalue weighted by Gasteiger charge is -2.49. The Morgan fingerprint density at radius 1 is 1.08 bits per heavy atom. The fourth-order valence-electron chi connectivity index (χ4n) is 3.76. The van der Waals surface area contributed by atoms with Crippen molar-refractivity contribution in [1.82, 2.24) is 4.90 Å². The smallest absolute Gasteiger partial charge is 0.304 e. The van der Waals surface area contributed by atoms with E-state index in [-0.39, 0.29) is 11.9 Å². The molecular formula is C21H26INO2. The SMILES string of the molecule is CC(=O)OC1(c2ccccc2)C(c2ccccc2)CCCN1C.CI. The highest BCUT2D eigenvalue weighted by molar-refractivity contribution is 14.1. The van der Waals surface area contributed by atoms with E-state index < -0.39 is 5.72 Å². The van der Waals surface area contributed by atoms with Gasteiger partial charge < -0.3 is 4.74 Å². The molecule has 0 N–H and O–H groups in total. The van der Waals surface area contributed by atoms with Crippen LogP contribution in [0.15, 0.2) is 60.7 Å². The molecule has 1 heterocycles. The molecule has 3 nitrogen and oxygen atoms in total. The first-order valence-corrected chi connectivity index (χ1v) is 10.7. The number of carbonyl (C=O) groups is 1. The monoisotopic (exact) mass is 451 g/mol. The molecule has 4 heteroatoms. The van der Waals surface area contributed by atoms with Gasteiger partial charge in [0.25, 0.3) is 0 Å². The number of nitrogens with zero attached hydrogens (tertiary/aromatic N) is 1. The van der Waals surface area contributed by atoms with Crippen LogP contribution in [0.3, 0.4) is 0 Å². The number of carbonyl (C=O) groups excluding carboxylic acids is 1. The summed E-state index contributed by atoms with van der Waals surface area (Å²) < 4.78 is 6.03. The van der Waals surface area contributed by atoms with E-state index in [0.717, 1.165) is 24.9 Å². The van der Waals surface area contributed by atoms with Crippen molar-refractivity contribution >= 4 is 28.6 Å². The molecule has 0 aromatic heterocycles. The van der Waals surface area contributed by atoms with E-state index in [2.05, 4.69) is 51.8 Å². The van der Waals surface area contributed by atoms with E-state index in [1.54, 1.807) is 0 Å². The van der Waals surface area contributed by atoms with Gasteiger partial charge >= 0.3 is 5.97 Å². The highest BCUT2D eigenvalue weighted by Gasteiger charge is 2.49. The number of likely N-dealkylation sites (tertiary alicyclic amines) is 1. The molecule has 0 radical (unpaired) electrons. The minimum Gasteiger partial charge on any atom is -0.439 e. The molecule has 2 aromatic carbocycles. The van der Waals surface area contributed by atoms with Crippen molar-refractivity contribution < 1.29 is 9.53 Å². The maximum Gasteiger partial charge on any atom is 0.304 e. The Morgan fingerprint density at radius 3 is 2.20 bits per heavy atom. The first-order valence-electron chi connectivity index (χ1n) is 8.53. The van der Waals surface area contributed by atoms with Crippen LogP contribution < -0.4 is 0 Å². The van der Waals surface area contributed by atoms with Crippen molar-refractivity contribution in [1.29, 1.82) is 0 Å². The molecular weight excluding hydrogens is 425 g/mol. The minimum absolute atomic E-state index is 0.119. The average molecular weight is 451 g/mol. The molecule has 1 fully saturated rings. The topological polar surface area (TPSA) is 29.5 Å². The van der Waals surface area contributed by atoms with Crippen LogP contribution in [-0.2, 0) is 15.3 Å². The number of hydrogen-bond donors (Lipinski definition) is 0. The molecule has 134 valence electrons. The summed E-state index contributed by atoms with van der Waals surface area (Å²) in [5.41, 5.74) is 1.50. The Morgan fingerprint density at radius 2 is 1.64 bits per heavy atom. The van der Waals surface area contributed by atoms with Crippen LogP contribution in [0, 0.1) is 0 Å². The van der Waals surface area contributed by atoms with Crippen LogP contribution in [0.2, 0.25) is 0 Å². The quantitative estimate of drug-likeness (QED) is 0.375. The highest BCUT2D eigenvalue weighted by Crippen LogP contribution is 2.48. The molecule has 2 aromatic rings. The second kappa shape index (κ2) is 9.34. The lowest BCUT2D eigenvalue weighted by Crippen LogP contribution is -2.54. The summed E-state index contributed by atoms with van der Waals surface area (Å²) in [6.07, 6.45) is 2.09. The third kappa shape index (κ3) is 4.23. The summed E-state index contributed by atoms with van der Waals surface area (Å²) in [5.74, 6) is -0.128. The molecule has 25 heavy (non-hydrogen) atoms. The summed E-state index contributed by atoms with van der Waals surface area (Å²) in [7, 11) is 2.05. The number of ether oxygens (including phenoxy) is 1. The summed E-state index contributed by atoms with van der Waals surface area (Å²) in [4.78, 5) is 16.1. The van der Waals surface area contributed by atoms with Gasteiger partial charge in [0, 0.05) is 24.9 Å². The second-order valence-electron chi connectivity index (χ2n) is 6.18. The molecule has 1 aliphatic rings. The first kappa shape index (κ1) is 19.9. The van der Waals surface area contributed by atoms with Gasteiger partial charge in [0.15, 0.2) is 5.72 Å². The number of piperidine rings is 1. The summed E-state index contributed by atoms with van der Waals surface area (Å²) in [6.45, 7) is 2.40. The number of likely N-dealkylation sites (N-methyl/N-ethyl adjacent to an activating group) is 1. The van der Waals surface area contributed by atoms with E-state index in [0.29, 0.717) is 0 Å². The molecule has 0 aliphatic carbocycles. The third-order valence-corrected chi connectivity index (χ3v) is 4.71. The average Bonchev–Trinajstić information content (AvgIpc) is 2.66. The van der Waals surface area contributed by atoms with Crippen molar-refractivity contribution in [2.75, 3.05) is 18.5 Å². The zero-order valence-electron chi connectivity index (χ0n) is 15.1.